The van der Waals surface area contributed by atoms with Gasteiger partial charge in [-0.2, -0.15) is 5.06 Å². The van der Waals surface area contributed by atoms with Crippen LogP contribution in [0.3, 0.4) is 0 Å². The molecule has 3 aromatic carbocycles. The Morgan fingerprint density at radius 3 is 2.24 bits per heavy atom. The van der Waals surface area contributed by atoms with E-state index in [2.05, 4.69) is 46.3 Å². The van der Waals surface area contributed by atoms with Gasteiger partial charge in [0, 0.05) is 22.7 Å². The number of esters is 1. The van der Waals surface area contributed by atoms with Crippen LogP contribution in [-0.2, 0) is 11.3 Å². The molecule has 0 aliphatic carbocycles. The lowest BCUT2D eigenvalue weighted by Gasteiger charge is -2.54. The first-order valence-electron chi connectivity index (χ1n) is 14.8. The number of ether oxygens (including phenoxy) is 1. The molecular formula is C36H44FNO3. The van der Waals surface area contributed by atoms with Gasteiger partial charge in [-0.25, -0.2) is 9.18 Å². The van der Waals surface area contributed by atoms with Gasteiger partial charge >= 0.3 is 5.97 Å². The van der Waals surface area contributed by atoms with Crippen molar-refractivity contribution in [3.05, 3.63) is 102 Å². The second kappa shape index (κ2) is 13.1. The normalized spacial score (nSPS) is 16.8. The summed E-state index contributed by atoms with van der Waals surface area (Å²) in [5.41, 5.74) is 3.82. The number of nitrogens with zero attached hydrogens (tertiary/aromatic N) is 1. The fourth-order valence-corrected chi connectivity index (χ4v) is 6.12. The summed E-state index contributed by atoms with van der Waals surface area (Å²) in [6.07, 6.45) is 7.76. The van der Waals surface area contributed by atoms with E-state index in [4.69, 9.17) is 9.57 Å². The molecule has 0 amide bonds. The number of hydroxylamine groups is 2. The zero-order valence-corrected chi connectivity index (χ0v) is 25.2. The van der Waals surface area contributed by atoms with Crippen molar-refractivity contribution in [3.63, 3.8) is 0 Å². The summed E-state index contributed by atoms with van der Waals surface area (Å²) >= 11 is 0. The Kier molecular flexibility index (Phi) is 9.83. The molecule has 1 aliphatic rings. The number of unbranched alkanes of at least 4 members (excludes halogenated alkanes) is 1. The Hall–Kier alpha value is -3.28. The SMILES string of the molecule is C=CCCc1ccc(-c2ccc(OC(=O)c3ccc(C4CC(C)(C)N(OCCCC)C(C)(C)C4)cc3)cc2F)cc1. The maximum Gasteiger partial charge on any atom is 0.343 e. The highest BCUT2D eigenvalue weighted by Gasteiger charge is 2.46. The second-order valence-corrected chi connectivity index (χ2v) is 12.4. The van der Waals surface area contributed by atoms with E-state index in [1.807, 2.05) is 42.5 Å². The Morgan fingerprint density at radius 2 is 1.66 bits per heavy atom. The highest BCUT2D eigenvalue weighted by atomic mass is 19.1. The van der Waals surface area contributed by atoms with E-state index in [0.717, 1.165) is 50.7 Å². The van der Waals surface area contributed by atoms with Crippen molar-refractivity contribution >= 4 is 5.97 Å². The number of halogens is 1. The molecule has 4 nitrogen and oxygen atoms in total. The molecule has 0 radical (unpaired) electrons. The van der Waals surface area contributed by atoms with Crippen LogP contribution in [0, 0.1) is 5.82 Å². The number of carbonyl (C=O) groups is 1. The number of hydrogen-bond acceptors (Lipinski definition) is 4. The van der Waals surface area contributed by atoms with Crippen LogP contribution in [0.15, 0.2) is 79.4 Å². The van der Waals surface area contributed by atoms with Crippen LogP contribution >= 0.6 is 0 Å². The minimum atomic E-state index is -0.505. The second-order valence-electron chi connectivity index (χ2n) is 12.4. The summed E-state index contributed by atoms with van der Waals surface area (Å²) < 4.78 is 20.5. The van der Waals surface area contributed by atoms with Gasteiger partial charge in [-0.05, 0) is 107 Å². The number of piperidine rings is 1. The molecule has 0 atom stereocenters. The summed E-state index contributed by atoms with van der Waals surface area (Å²) in [5, 5.41) is 2.20. The first-order valence-corrected chi connectivity index (χ1v) is 14.8. The molecule has 1 fully saturated rings. The summed E-state index contributed by atoms with van der Waals surface area (Å²) in [6.45, 7) is 15.6. The van der Waals surface area contributed by atoms with E-state index >= 15 is 0 Å². The minimum absolute atomic E-state index is 0.123. The number of rotatable bonds is 11. The molecule has 3 aromatic rings. The van der Waals surface area contributed by atoms with Gasteiger partial charge in [0.2, 0.25) is 0 Å². The van der Waals surface area contributed by atoms with Gasteiger partial charge in [-0.1, -0.05) is 55.8 Å². The summed E-state index contributed by atoms with van der Waals surface area (Å²) in [7, 11) is 0. The molecule has 0 saturated carbocycles. The number of carbonyl (C=O) groups excluding carboxylic acids is 1. The van der Waals surface area contributed by atoms with Crippen molar-refractivity contribution in [1.82, 2.24) is 5.06 Å². The maximum atomic E-state index is 15.0. The molecule has 1 aliphatic heterocycles. The summed E-state index contributed by atoms with van der Waals surface area (Å²) in [4.78, 5) is 19.1. The lowest BCUT2D eigenvalue weighted by atomic mass is 9.72. The molecule has 4 rings (SSSR count). The summed E-state index contributed by atoms with van der Waals surface area (Å²) in [5.74, 6) is -0.412. The predicted molar refractivity (Wildman–Crippen MR) is 165 cm³/mol. The monoisotopic (exact) mass is 557 g/mol. The Balaban J connectivity index is 1.40. The van der Waals surface area contributed by atoms with Gasteiger partial charge in [0.25, 0.3) is 0 Å². The van der Waals surface area contributed by atoms with E-state index in [1.165, 1.54) is 17.2 Å². The van der Waals surface area contributed by atoms with Crippen LogP contribution in [0.25, 0.3) is 11.1 Å². The molecule has 41 heavy (non-hydrogen) atoms. The molecule has 218 valence electrons. The minimum Gasteiger partial charge on any atom is -0.423 e. The first-order chi connectivity index (χ1) is 19.5. The molecule has 0 bridgehead atoms. The summed E-state index contributed by atoms with van der Waals surface area (Å²) in [6, 6.07) is 20.0. The third kappa shape index (κ3) is 7.52. The standard InChI is InChI=1S/C36H44FNO3/c1-7-9-11-26-12-14-28(15-13-26)32-21-20-31(23-33(32)37)41-34(39)29-18-16-27(17-19-29)30-24-35(3,4)38(36(5,6)25-30)40-22-10-8-2/h7,12-21,23,30H,1,8-11,22,24-25H2,2-6H3. The van der Waals surface area contributed by atoms with Crippen molar-refractivity contribution in [2.75, 3.05) is 6.61 Å². The van der Waals surface area contributed by atoms with E-state index in [-0.39, 0.29) is 16.8 Å². The van der Waals surface area contributed by atoms with Gasteiger partial charge in [0.1, 0.15) is 11.6 Å². The third-order valence-corrected chi connectivity index (χ3v) is 7.98. The Labute approximate surface area is 245 Å². The molecule has 1 saturated heterocycles. The van der Waals surface area contributed by atoms with Crippen molar-refractivity contribution in [1.29, 1.82) is 0 Å². The molecule has 0 aromatic heterocycles. The average Bonchev–Trinajstić information content (AvgIpc) is 2.93. The molecule has 0 unspecified atom stereocenters. The van der Waals surface area contributed by atoms with Gasteiger partial charge < -0.3 is 4.74 Å². The van der Waals surface area contributed by atoms with Crippen LogP contribution < -0.4 is 4.74 Å². The number of hydrogen-bond donors (Lipinski definition) is 0. The van der Waals surface area contributed by atoms with Crippen LogP contribution in [-0.4, -0.2) is 28.7 Å². The largest absolute Gasteiger partial charge is 0.423 e. The lowest BCUT2D eigenvalue weighted by molar-refractivity contribution is -0.283. The van der Waals surface area contributed by atoms with Gasteiger partial charge in [0.15, 0.2) is 0 Å². The average molecular weight is 558 g/mol. The molecular weight excluding hydrogens is 513 g/mol. The van der Waals surface area contributed by atoms with Crippen molar-refractivity contribution in [3.8, 4) is 16.9 Å². The van der Waals surface area contributed by atoms with E-state index in [9.17, 15) is 9.18 Å². The van der Waals surface area contributed by atoms with E-state index in [1.54, 1.807) is 24.3 Å². The van der Waals surface area contributed by atoms with E-state index < -0.39 is 11.8 Å². The molecule has 5 heteroatoms. The van der Waals surface area contributed by atoms with Crippen LogP contribution in [0.2, 0.25) is 0 Å². The zero-order chi connectivity index (χ0) is 29.6. The smallest absolute Gasteiger partial charge is 0.343 e. The van der Waals surface area contributed by atoms with Gasteiger partial charge in [0.05, 0.1) is 12.2 Å². The van der Waals surface area contributed by atoms with E-state index in [0.29, 0.717) is 17.0 Å². The fraction of sp³-hybridized carbons (Fsp3) is 0.417. The Morgan fingerprint density at radius 1 is 1.00 bits per heavy atom. The van der Waals surface area contributed by atoms with Gasteiger partial charge in [-0.3, -0.25) is 4.84 Å². The number of aryl methyl sites for hydroxylation is 1. The highest BCUT2D eigenvalue weighted by molar-refractivity contribution is 5.91. The Bertz CT molecular complexity index is 1310. The first kappa shape index (κ1) is 30.7. The van der Waals surface area contributed by atoms with Crippen LogP contribution in [0.5, 0.6) is 5.75 Å². The van der Waals surface area contributed by atoms with Crippen LogP contribution in [0.1, 0.15) is 94.1 Å². The van der Waals surface area contributed by atoms with Crippen molar-refractivity contribution < 1.29 is 18.8 Å². The van der Waals surface area contributed by atoms with Crippen LogP contribution in [0.4, 0.5) is 4.39 Å². The molecule has 0 spiro atoms. The maximum absolute atomic E-state index is 15.0. The van der Waals surface area contributed by atoms with Gasteiger partial charge in [-0.15, -0.1) is 6.58 Å². The topological polar surface area (TPSA) is 38.8 Å². The quantitative estimate of drug-likeness (QED) is 0.102. The van der Waals surface area contributed by atoms with Crippen molar-refractivity contribution in [2.45, 2.75) is 90.1 Å². The molecule has 0 N–H and O–H groups in total. The lowest BCUT2D eigenvalue weighted by Crippen LogP contribution is -2.59. The van der Waals surface area contributed by atoms with Crippen molar-refractivity contribution in [2.24, 2.45) is 0 Å². The highest BCUT2D eigenvalue weighted by Crippen LogP contribution is 2.45. The molecule has 1 heterocycles. The third-order valence-electron chi connectivity index (χ3n) is 7.98. The zero-order valence-electron chi connectivity index (χ0n) is 25.2. The number of benzene rings is 3. The fourth-order valence-electron chi connectivity index (χ4n) is 6.12. The predicted octanol–water partition coefficient (Wildman–Crippen LogP) is 9.30. The number of allylic oxidation sites excluding steroid dienone is 1.